The fraction of sp³-hybridized carbons (Fsp3) is 0.393. The molecule has 2 aromatic carbocycles. The van der Waals surface area contributed by atoms with Crippen molar-refractivity contribution in [1.29, 1.82) is 0 Å². The smallest absolute Gasteiger partial charge is 0.330 e. The lowest BCUT2D eigenvalue weighted by Gasteiger charge is -2.46. The molecule has 2 N–H and O–H groups in total. The molecular formula is C28H28F5N5O4S. The van der Waals surface area contributed by atoms with Gasteiger partial charge in [-0.15, -0.1) is 0 Å². The number of aromatic nitrogens is 2. The minimum absolute atomic E-state index is 0.214. The first-order valence-electron chi connectivity index (χ1n) is 13.5. The Balaban J connectivity index is 1.55. The fourth-order valence-corrected chi connectivity index (χ4v) is 6.40. The van der Waals surface area contributed by atoms with Crippen LogP contribution in [0.2, 0.25) is 0 Å². The van der Waals surface area contributed by atoms with Gasteiger partial charge in [0.25, 0.3) is 0 Å². The predicted octanol–water partition coefficient (Wildman–Crippen LogP) is 5.07. The Morgan fingerprint density at radius 1 is 1.05 bits per heavy atom. The summed E-state index contributed by atoms with van der Waals surface area (Å²) in [7, 11) is -4.78. The molecule has 1 aliphatic carbocycles. The summed E-state index contributed by atoms with van der Waals surface area (Å²) < 4.78 is 97.8. The van der Waals surface area contributed by atoms with Gasteiger partial charge in [-0.3, -0.25) is 4.90 Å². The lowest BCUT2D eigenvalue weighted by atomic mass is 9.77. The van der Waals surface area contributed by atoms with E-state index in [0.29, 0.717) is 30.9 Å². The van der Waals surface area contributed by atoms with E-state index in [-0.39, 0.29) is 23.5 Å². The standard InChI is InChI=1S/C28H28F5N5O4S/c29-21-15-24(22(30)14-20(21)27(39)42-43(34,40)41)38(26-8-9-35-16-36-26)23-7-6-18(13-25(23)37-10-1-2-11-37)17-4-3-5-19(12-17)28(31,32)33/h3-5,8-9,12,14-16,18,23,25H,1-2,6-7,10-11,13H2,(H2,34,40,41)/t18-,23-,25-/m0/s1. The summed E-state index contributed by atoms with van der Waals surface area (Å²) in [4.78, 5) is 24.1. The van der Waals surface area contributed by atoms with Crippen LogP contribution in [0.5, 0.6) is 0 Å². The van der Waals surface area contributed by atoms with Gasteiger partial charge in [-0.05, 0) is 74.9 Å². The van der Waals surface area contributed by atoms with Crippen LogP contribution in [-0.4, -0.2) is 54.4 Å². The van der Waals surface area contributed by atoms with Gasteiger partial charge in [0, 0.05) is 18.3 Å². The molecule has 0 spiro atoms. The summed E-state index contributed by atoms with van der Waals surface area (Å²) in [5.74, 6) is -3.97. The van der Waals surface area contributed by atoms with E-state index in [4.69, 9.17) is 5.14 Å². The maximum absolute atomic E-state index is 15.8. The Morgan fingerprint density at radius 2 is 1.79 bits per heavy atom. The fourth-order valence-electron chi connectivity index (χ4n) is 6.10. The first-order chi connectivity index (χ1) is 20.3. The van der Waals surface area contributed by atoms with Gasteiger partial charge < -0.3 is 9.08 Å². The second-order valence-corrected chi connectivity index (χ2v) is 11.7. The van der Waals surface area contributed by atoms with E-state index >= 15 is 8.78 Å². The van der Waals surface area contributed by atoms with E-state index in [9.17, 15) is 26.4 Å². The van der Waals surface area contributed by atoms with Crippen LogP contribution in [0.15, 0.2) is 55.0 Å². The van der Waals surface area contributed by atoms with Crippen LogP contribution >= 0.6 is 0 Å². The van der Waals surface area contributed by atoms with Gasteiger partial charge in [-0.25, -0.2) is 23.5 Å². The van der Waals surface area contributed by atoms with Crippen LogP contribution in [0.3, 0.4) is 0 Å². The summed E-state index contributed by atoms with van der Waals surface area (Å²) in [6.07, 6.45) is 1.32. The minimum Gasteiger partial charge on any atom is -0.330 e. The molecule has 2 fully saturated rings. The van der Waals surface area contributed by atoms with Crippen molar-refractivity contribution < 1.29 is 39.3 Å². The number of hydrogen-bond donors (Lipinski definition) is 1. The minimum atomic E-state index is -4.78. The second kappa shape index (κ2) is 12.1. The Bertz CT molecular complexity index is 1590. The Morgan fingerprint density at radius 3 is 2.44 bits per heavy atom. The predicted molar refractivity (Wildman–Crippen MR) is 145 cm³/mol. The van der Waals surface area contributed by atoms with Crippen molar-refractivity contribution in [2.24, 2.45) is 5.14 Å². The second-order valence-electron chi connectivity index (χ2n) is 10.6. The van der Waals surface area contributed by atoms with E-state index in [1.165, 1.54) is 35.6 Å². The molecule has 3 aromatic rings. The quantitative estimate of drug-likeness (QED) is 0.362. The van der Waals surface area contributed by atoms with Crippen LogP contribution in [0.25, 0.3) is 0 Å². The number of nitrogens with zero attached hydrogens (tertiary/aromatic N) is 4. The van der Waals surface area contributed by atoms with Crippen molar-refractivity contribution >= 4 is 27.8 Å². The number of likely N-dealkylation sites (tertiary alicyclic amines) is 1. The lowest BCUT2D eigenvalue weighted by Crippen LogP contribution is -2.53. The third-order valence-electron chi connectivity index (χ3n) is 7.93. The number of anilines is 2. The molecule has 9 nitrogen and oxygen atoms in total. The number of rotatable bonds is 7. The normalized spacial score (nSPS) is 21.5. The largest absolute Gasteiger partial charge is 0.416 e. The van der Waals surface area contributed by atoms with Crippen LogP contribution in [0.1, 0.15) is 59.5 Å². The highest BCUT2D eigenvalue weighted by Gasteiger charge is 2.41. The third kappa shape index (κ3) is 6.94. The van der Waals surface area contributed by atoms with E-state index in [2.05, 4.69) is 19.1 Å². The summed E-state index contributed by atoms with van der Waals surface area (Å²) in [5, 5.41) is 4.70. The third-order valence-corrected chi connectivity index (χ3v) is 8.31. The molecular weight excluding hydrogens is 597 g/mol. The maximum Gasteiger partial charge on any atom is 0.416 e. The van der Waals surface area contributed by atoms with Crippen molar-refractivity contribution in [3.05, 3.63) is 83.3 Å². The molecule has 2 heterocycles. The Labute approximate surface area is 244 Å². The van der Waals surface area contributed by atoms with Crippen molar-refractivity contribution in [1.82, 2.24) is 14.9 Å². The van der Waals surface area contributed by atoms with Crippen molar-refractivity contribution in [2.45, 2.75) is 56.3 Å². The zero-order valence-corrected chi connectivity index (χ0v) is 23.5. The van der Waals surface area contributed by atoms with Gasteiger partial charge in [0.1, 0.15) is 23.8 Å². The van der Waals surface area contributed by atoms with Crippen LogP contribution < -0.4 is 10.0 Å². The van der Waals surface area contributed by atoms with E-state index in [0.717, 1.165) is 38.1 Å². The SMILES string of the molecule is NS(=O)(=O)OC(=O)c1cc(F)c(N(c2ccncn2)[C@H]2CC[C@H](c3cccc(C(F)(F)F)c3)C[C@@H]2N2CCCC2)cc1F. The number of halogens is 5. The summed E-state index contributed by atoms with van der Waals surface area (Å²) in [5.41, 5.74) is -1.41. The topological polar surface area (TPSA) is 119 Å². The number of carbonyl (C=O) groups excluding carboxylic acids is 1. The maximum atomic E-state index is 15.8. The monoisotopic (exact) mass is 625 g/mol. The molecule has 1 aromatic heterocycles. The van der Waals surface area contributed by atoms with Crippen LogP contribution in [0, 0.1) is 11.6 Å². The summed E-state index contributed by atoms with van der Waals surface area (Å²) in [6.45, 7) is 1.45. The zero-order chi connectivity index (χ0) is 30.9. The van der Waals surface area contributed by atoms with Crippen LogP contribution in [-0.2, 0) is 20.7 Å². The van der Waals surface area contributed by atoms with Gasteiger partial charge in [-0.1, -0.05) is 18.2 Å². The van der Waals surface area contributed by atoms with Crippen molar-refractivity contribution in [3.63, 3.8) is 0 Å². The zero-order valence-electron chi connectivity index (χ0n) is 22.7. The van der Waals surface area contributed by atoms with Gasteiger partial charge in [0.15, 0.2) is 0 Å². The van der Waals surface area contributed by atoms with Gasteiger partial charge in [0.05, 0.1) is 22.9 Å². The molecule has 1 saturated carbocycles. The molecule has 15 heteroatoms. The van der Waals surface area contributed by atoms with E-state index in [1.54, 1.807) is 6.07 Å². The lowest BCUT2D eigenvalue weighted by molar-refractivity contribution is -0.137. The Hall–Kier alpha value is -3.69. The van der Waals surface area contributed by atoms with Crippen molar-refractivity contribution in [3.8, 4) is 0 Å². The highest BCUT2D eigenvalue weighted by atomic mass is 32.2. The molecule has 230 valence electrons. The van der Waals surface area contributed by atoms with Crippen LogP contribution in [0.4, 0.5) is 33.5 Å². The van der Waals surface area contributed by atoms with Crippen molar-refractivity contribution in [2.75, 3.05) is 18.0 Å². The van der Waals surface area contributed by atoms with Gasteiger partial charge >= 0.3 is 22.4 Å². The molecule has 1 saturated heterocycles. The first-order valence-corrected chi connectivity index (χ1v) is 15.0. The molecule has 1 aliphatic heterocycles. The highest BCUT2D eigenvalue weighted by Crippen LogP contribution is 2.43. The Kier molecular flexibility index (Phi) is 8.68. The number of hydrogen-bond acceptors (Lipinski definition) is 8. The molecule has 5 rings (SSSR count). The molecule has 0 amide bonds. The average Bonchev–Trinajstić information content (AvgIpc) is 3.49. The molecule has 43 heavy (non-hydrogen) atoms. The number of benzene rings is 2. The average molecular weight is 626 g/mol. The number of alkyl halides is 3. The molecule has 0 unspecified atom stereocenters. The molecule has 0 bridgehead atoms. The number of nitrogens with two attached hydrogens (primary N) is 1. The first kappa shape index (κ1) is 30.8. The summed E-state index contributed by atoms with van der Waals surface area (Å²) in [6, 6.07) is 7.31. The highest BCUT2D eigenvalue weighted by molar-refractivity contribution is 7.84. The molecule has 3 atom stereocenters. The molecule has 2 aliphatic rings. The number of carbonyl (C=O) groups is 1. The van der Waals surface area contributed by atoms with Gasteiger partial charge in [0.2, 0.25) is 0 Å². The van der Waals surface area contributed by atoms with E-state index < -0.39 is 51.3 Å². The van der Waals surface area contributed by atoms with E-state index in [1.807, 2.05) is 0 Å². The van der Waals surface area contributed by atoms with Gasteiger partial charge in [-0.2, -0.15) is 26.7 Å². The summed E-state index contributed by atoms with van der Waals surface area (Å²) >= 11 is 0. The molecule has 0 radical (unpaired) electrons.